The number of alkyl halides is 1. The minimum absolute atomic E-state index is 0.0596. The van der Waals surface area contributed by atoms with Crippen LogP contribution >= 0.6 is 23.2 Å². The molecule has 1 amide bonds. The molecule has 0 aliphatic rings. The van der Waals surface area contributed by atoms with E-state index in [-0.39, 0.29) is 5.91 Å². The Morgan fingerprint density at radius 2 is 2.11 bits per heavy atom. The molecule has 1 N–H and O–H groups in total. The van der Waals surface area contributed by atoms with Gasteiger partial charge in [-0.05, 0) is 43.4 Å². The molecule has 1 unspecified atom stereocenters. The number of hydrogen-bond donors (Lipinski definition) is 1. The van der Waals surface area contributed by atoms with Gasteiger partial charge in [-0.25, -0.2) is 0 Å². The van der Waals surface area contributed by atoms with E-state index in [1.807, 2.05) is 6.92 Å². The average molecular weight is 302 g/mol. The molecular weight excluding hydrogens is 281 g/mol. The fourth-order valence-electron chi connectivity index (χ4n) is 2.10. The van der Waals surface area contributed by atoms with Crippen molar-refractivity contribution in [3.63, 3.8) is 0 Å². The number of amides is 1. The highest BCUT2D eigenvalue weighted by atomic mass is 35.5. The first-order valence-corrected chi connectivity index (χ1v) is 7.60. The molecule has 0 saturated heterocycles. The second kappa shape index (κ2) is 8.44. The molecule has 0 aliphatic heterocycles. The van der Waals surface area contributed by atoms with Crippen LogP contribution in [-0.2, 0) is 0 Å². The fourth-order valence-corrected chi connectivity index (χ4v) is 2.58. The maximum absolute atomic E-state index is 12.1. The summed E-state index contributed by atoms with van der Waals surface area (Å²) in [5.74, 6) is 1.03. The standard InChI is InChI=1S/C15H21Cl2NO/c1-3-5-12(8-9-16)10-18-15(19)13-6-4-7-14(17)11(13)2/h4,6-7,12H,3,5,8-10H2,1-2H3,(H,18,19). The summed E-state index contributed by atoms with van der Waals surface area (Å²) in [7, 11) is 0. The van der Waals surface area contributed by atoms with E-state index in [9.17, 15) is 4.79 Å². The van der Waals surface area contributed by atoms with E-state index in [1.54, 1.807) is 18.2 Å². The lowest BCUT2D eigenvalue weighted by Crippen LogP contribution is -2.30. The Morgan fingerprint density at radius 3 is 2.74 bits per heavy atom. The van der Waals surface area contributed by atoms with E-state index in [0.29, 0.717) is 28.9 Å². The van der Waals surface area contributed by atoms with Crippen molar-refractivity contribution in [3.05, 3.63) is 34.3 Å². The first-order valence-electron chi connectivity index (χ1n) is 6.69. The fraction of sp³-hybridized carbons (Fsp3) is 0.533. The van der Waals surface area contributed by atoms with E-state index in [1.165, 1.54) is 0 Å². The molecule has 0 bridgehead atoms. The van der Waals surface area contributed by atoms with Gasteiger partial charge in [0.15, 0.2) is 0 Å². The van der Waals surface area contributed by atoms with Crippen LogP contribution in [0.3, 0.4) is 0 Å². The van der Waals surface area contributed by atoms with E-state index < -0.39 is 0 Å². The molecule has 1 rings (SSSR count). The zero-order valence-electron chi connectivity index (χ0n) is 11.5. The van der Waals surface area contributed by atoms with E-state index >= 15 is 0 Å². The highest BCUT2D eigenvalue weighted by Crippen LogP contribution is 2.19. The molecule has 0 spiro atoms. The topological polar surface area (TPSA) is 29.1 Å². The van der Waals surface area contributed by atoms with Crippen LogP contribution in [0.25, 0.3) is 0 Å². The molecule has 0 radical (unpaired) electrons. The van der Waals surface area contributed by atoms with Gasteiger partial charge in [-0.1, -0.05) is 31.0 Å². The van der Waals surface area contributed by atoms with Crippen molar-refractivity contribution in [3.8, 4) is 0 Å². The van der Waals surface area contributed by atoms with Gasteiger partial charge in [0.05, 0.1) is 0 Å². The lowest BCUT2D eigenvalue weighted by atomic mass is 10.0. The molecule has 0 aromatic heterocycles. The van der Waals surface area contributed by atoms with Crippen molar-refractivity contribution in [1.29, 1.82) is 0 Å². The monoisotopic (exact) mass is 301 g/mol. The molecule has 1 atom stereocenters. The number of benzene rings is 1. The van der Waals surface area contributed by atoms with Gasteiger partial charge >= 0.3 is 0 Å². The van der Waals surface area contributed by atoms with Crippen LogP contribution < -0.4 is 5.32 Å². The molecule has 0 heterocycles. The second-order valence-corrected chi connectivity index (χ2v) is 5.54. The largest absolute Gasteiger partial charge is 0.352 e. The van der Waals surface area contributed by atoms with Crippen molar-refractivity contribution < 1.29 is 4.79 Å². The predicted octanol–water partition coefficient (Wildman–Crippen LogP) is 4.42. The molecule has 1 aromatic rings. The Balaban J connectivity index is 2.61. The number of rotatable bonds is 7. The summed E-state index contributed by atoms with van der Waals surface area (Å²) in [6.07, 6.45) is 3.12. The Labute approximate surface area is 125 Å². The van der Waals surface area contributed by atoms with Crippen LogP contribution in [0, 0.1) is 12.8 Å². The van der Waals surface area contributed by atoms with Crippen LogP contribution in [0.5, 0.6) is 0 Å². The van der Waals surface area contributed by atoms with Crippen molar-refractivity contribution in [2.75, 3.05) is 12.4 Å². The maximum Gasteiger partial charge on any atom is 0.251 e. The summed E-state index contributed by atoms with van der Waals surface area (Å²) in [5, 5.41) is 3.60. The lowest BCUT2D eigenvalue weighted by Gasteiger charge is -2.16. The first-order chi connectivity index (χ1) is 9.10. The van der Waals surface area contributed by atoms with Gasteiger partial charge < -0.3 is 5.32 Å². The molecule has 2 nitrogen and oxygen atoms in total. The van der Waals surface area contributed by atoms with E-state index in [4.69, 9.17) is 23.2 Å². The highest BCUT2D eigenvalue weighted by molar-refractivity contribution is 6.31. The first kappa shape index (κ1) is 16.3. The number of carbonyl (C=O) groups excluding carboxylic acids is 1. The van der Waals surface area contributed by atoms with Gasteiger partial charge in [-0.3, -0.25) is 4.79 Å². The Bertz CT molecular complexity index is 415. The Hall–Kier alpha value is -0.730. The molecule has 19 heavy (non-hydrogen) atoms. The lowest BCUT2D eigenvalue weighted by molar-refractivity contribution is 0.0945. The van der Waals surface area contributed by atoms with Gasteiger partial charge in [0.1, 0.15) is 0 Å². The molecular formula is C15H21Cl2NO. The van der Waals surface area contributed by atoms with E-state index in [2.05, 4.69) is 12.2 Å². The van der Waals surface area contributed by atoms with Crippen LogP contribution in [0.15, 0.2) is 18.2 Å². The van der Waals surface area contributed by atoms with Gasteiger partial charge in [0.25, 0.3) is 5.91 Å². The number of halogens is 2. The minimum atomic E-state index is -0.0596. The SMILES string of the molecule is CCCC(CCCl)CNC(=O)c1cccc(Cl)c1C. The Kier molecular flexibility index (Phi) is 7.25. The predicted molar refractivity (Wildman–Crippen MR) is 82.3 cm³/mol. The summed E-state index contributed by atoms with van der Waals surface area (Å²) in [5.41, 5.74) is 1.47. The normalized spacial score (nSPS) is 12.2. The molecule has 0 fully saturated rings. The van der Waals surface area contributed by atoms with Crippen LogP contribution in [-0.4, -0.2) is 18.3 Å². The zero-order chi connectivity index (χ0) is 14.3. The van der Waals surface area contributed by atoms with E-state index in [0.717, 1.165) is 24.8 Å². The minimum Gasteiger partial charge on any atom is -0.352 e. The molecule has 4 heteroatoms. The molecule has 0 saturated carbocycles. The van der Waals surface area contributed by atoms with Crippen molar-refractivity contribution >= 4 is 29.1 Å². The van der Waals surface area contributed by atoms with Crippen LogP contribution in [0.4, 0.5) is 0 Å². The summed E-state index contributed by atoms with van der Waals surface area (Å²) < 4.78 is 0. The molecule has 106 valence electrons. The third-order valence-corrected chi connectivity index (χ3v) is 3.91. The smallest absolute Gasteiger partial charge is 0.251 e. The third kappa shape index (κ3) is 5.04. The summed E-state index contributed by atoms with van der Waals surface area (Å²) in [6.45, 7) is 4.68. The van der Waals surface area contributed by atoms with Crippen LogP contribution in [0.1, 0.15) is 42.1 Å². The van der Waals surface area contributed by atoms with Crippen molar-refractivity contribution in [2.45, 2.75) is 33.1 Å². The highest BCUT2D eigenvalue weighted by Gasteiger charge is 2.13. The van der Waals surface area contributed by atoms with Gasteiger partial charge in [-0.2, -0.15) is 0 Å². The van der Waals surface area contributed by atoms with Crippen LogP contribution in [0.2, 0.25) is 5.02 Å². The zero-order valence-corrected chi connectivity index (χ0v) is 13.0. The van der Waals surface area contributed by atoms with Gasteiger partial charge in [0, 0.05) is 23.0 Å². The van der Waals surface area contributed by atoms with Crippen molar-refractivity contribution in [2.24, 2.45) is 5.92 Å². The van der Waals surface area contributed by atoms with Crippen molar-refractivity contribution in [1.82, 2.24) is 5.32 Å². The Morgan fingerprint density at radius 1 is 1.37 bits per heavy atom. The number of carbonyl (C=O) groups is 1. The average Bonchev–Trinajstić information content (AvgIpc) is 2.39. The summed E-state index contributed by atoms with van der Waals surface area (Å²) in [4.78, 5) is 12.1. The number of hydrogen-bond acceptors (Lipinski definition) is 1. The van der Waals surface area contributed by atoms with Gasteiger partial charge in [-0.15, -0.1) is 11.6 Å². The maximum atomic E-state index is 12.1. The summed E-state index contributed by atoms with van der Waals surface area (Å²) in [6, 6.07) is 5.39. The summed E-state index contributed by atoms with van der Waals surface area (Å²) >= 11 is 11.8. The third-order valence-electron chi connectivity index (χ3n) is 3.28. The second-order valence-electron chi connectivity index (χ2n) is 4.75. The number of nitrogens with one attached hydrogen (secondary N) is 1. The quantitative estimate of drug-likeness (QED) is 0.742. The molecule has 1 aromatic carbocycles. The molecule has 0 aliphatic carbocycles. The van der Waals surface area contributed by atoms with Gasteiger partial charge in [0.2, 0.25) is 0 Å².